The summed E-state index contributed by atoms with van der Waals surface area (Å²) in [6.07, 6.45) is 3.47. The van der Waals surface area contributed by atoms with Crippen LogP contribution in [0.25, 0.3) is 0 Å². The van der Waals surface area contributed by atoms with Crippen LogP contribution in [-0.4, -0.2) is 30.1 Å². The highest BCUT2D eigenvalue weighted by molar-refractivity contribution is 4.80. The molecule has 0 radical (unpaired) electrons. The minimum atomic E-state index is 0.336. The zero-order valence-electron chi connectivity index (χ0n) is 9.88. The van der Waals surface area contributed by atoms with Crippen molar-refractivity contribution in [2.45, 2.75) is 65.1 Å². The van der Waals surface area contributed by atoms with Gasteiger partial charge in [-0.15, -0.1) is 0 Å². The Bertz CT molecular complexity index is 123. The number of nitrogens with zero attached hydrogens (tertiary/aromatic N) is 1. The lowest BCUT2D eigenvalue weighted by Gasteiger charge is -2.34. The fourth-order valence-electron chi connectivity index (χ4n) is 1.80. The van der Waals surface area contributed by atoms with Crippen molar-refractivity contribution in [3.8, 4) is 0 Å². The summed E-state index contributed by atoms with van der Waals surface area (Å²) >= 11 is 0. The first-order valence-electron chi connectivity index (χ1n) is 5.52. The Hall–Kier alpha value is -0.0800. The van der Waals surface area contributed by atoms with E-state index in [1.807, 2.05) is 0 Å². The van der Waals surface area contributed by atoms with Gasteiger partial charge in [0.1, 0.15) is 0 Å². The number of nitrogens with two attached hydrogens (primary N) is 1. The van der Waals surface area contributed by atoms with E-state index < -0.39 is 0 Å². The molecule has 80 valence electrons. The largest absolute Gasteiger partial charge is 0.326 e. The molecule has 0 aliphatic heterocycles. The average Bonchev–Trinajstić information content (AvgIpc) is 2.05. The van der Waals surface area contributed by atoms with Gasteiger partial charge in [0, 0.05) is 18.1 Å². The standard InChI is InChI=1S/C11H26N2/c1-6-8-10(12)11(7-2)13(5)9(3)4/h9-11H,6-8,12H2,1-5H3. The van der Waals surface area contributed by atoms with Crippen molar-refractivity contribution in [2.24, 2.45) is 5.73 Å². The molecule has 2 heteroatoms. The van der Waals surface area contributed by atoms with Crippen LogP contribution in [0.3, 0.4) is 0 Å². The van der Waals surface area contributed by atoms with Crippen molar-refractivity contribution < 1.29 is 0 Å². The van der Waals surface area contributed by atoms with Crippen LogP contribution in [0.4, 0.5) is 0 Å². The van der Waals surface area contributed by atoms with Crippen molar-refractivity contribution in [2.75, 3.05) is 7.05 Å². The van der Waals surface area contributed by atoms with Gasteiger partial charge in [0.05, 0.1) is 0 Å². The number of hydrogen-bond acceptors (Lipinski definition) is 2. The van der Waals surface area contributed by atoms with E-state index in [1.165, 1.54) is 6.42 Å². The van der Waals surface area contributed by atoms with E-state index in [1.54, 1.807) is 0 Å². The Morgan fingerprint density at radius 3 is 2.08 bits per heavy atom. The second-order valence-corrected chi connectivity index (χ2v) is 4.19. The van der Waals surface area contributed by atoms with Gasteiger partial charge in [-0.3, -0.25) is 4.90 Å². The molecule has 0 aromatic carbocycles. The Morgan fingerprint density at radius 2 is 1.77 bits per heavy atom. The molecule has 0 aromatic rings. The lowest BCUT2D eigenvalue weighted by atomic mass is 9.99. The Labute approximate surface area is 83.5 Å². The summed E-state index contributed by atoms with van der Waals surface area (Å²) in [4.78, 5) is 2.39. The lowest BCUT2D eigenvalue weighted by molar-refractivity contribution is 0.160. The van der Waals surface area contributed by atoms with Crippen LogP contribution in [-0.2, 0) is 0 Å². The maximum absolute atomic E-state index is 6.14. The molecule has 0 amide bonds. The highest BCUT2D eigenvalue weighted by Crippen LogP contribution is 2.12. The Morgan fingerprint density at radius 1 is 1.23 bits per heavy atom. The first kappa shape index (κ1) is 12.9. The van der Waals surface area contributed by atoms with Gasteiger partial charge in [0.15, 0.2) is 0 Å². The minimum Gasteiger partial charge on any atom is -0.326 e. The molecule has 2 unspecified atom stereocenters. The zero-order valence-corrected chi connectivity index (χ0v) is 9.88. The Kier molecular flexibility index (Phi) is 6.35. The normalized spacial score (nSPS) is 16.6. The quantitative estimate of drug-likeness (QED) is 0.689. The zero-order chi connectivity index (χ0) is 10.4. The van der Waals surface area contributed by atoms with E-state index in [-0.39, 0.29) is 0 Å². The first-order chi connectivity index (χ1) is 6.04. The van der Waals surface area contributed by atoms with Crippen LogP contribution in [0.2, 0.25) is 0 Å². The number of rotatable bonds is 6. The third-order valence-corrected chi connectivity index (χ3v) is 2.87. The van der Waals surface area contributed by atoms with Crippen molar-refractivity contribution in [1.29, 1.82) is 0 Å². The van der Waals surface area contributed by atoms with Crippen LogP contribution in [0.15, 0.2) is 0 Å². The molecule has 0 aliphatic rings. The van der Waals surface area contributed by atoms with Gasteiger partial charge in [-0.25, -0.2) is 0 Å². The molecule has 2 nitrogen and oxygen atoms in total. The van der Waals surface area contributed by atoms with E-state index in [4.69, 9.17) is 5.73 Å². The van der Waals surface area contributed by atoms with Gasteiger partial charge < -0.3 is 5.73 Å². The van der Waals surface area contributed by atoms with Crippen molar-refractivity contribution in [1.82, 2.24) is 4.90 Å². The molecule has 0 rings (SSSR count). The molecule has 2 atom stereocenters. The molecule has 0 saturated carbocycles. The third-order valence-electron chi connectivity index (χ3n) is 2.87. The second kappa shape index (κ2) is 6.39. The predicted octanol–water partition coefficient (Wildman–Crippen LogP) is 2.23. The van der Waals surface area contributed by atoms with E-state index >= 15 is 0 Å². The molecule has 2 N–H and O–H groups in total. The van der Waals surface area contributed by atoms with Crippen LogP contribution in [0, 0.1) is 0 Å². The summed E-state index contributed by atoms with van der Waals surface area (Å²) in [6, 6.07) is 1.47. The van der Waals surface area contributed by atoms with E-state index in [0.29, 0.717) is 18.1 Å². The van der Waals surface area contributed by atoms with Gasteiger partial charge in [-0.1, -0.05) is 20.3 Å². The molecule has 0 heterocycles. The van der Waals surface area contributed by atoms with Gasteiger partial charge in [-0.2, -0.15) is 0 Å². The van der Waals surface area contributed by atoms with Crippen LogP contribution >= 0.6 is 0 Å². The second-order valence-electron chi connectivity index (χ2n) is 4.19. The smallest absolute Gasteiger partial charge is 0.0244 e. The van der Waals surface area contributed by atoms with Crippen molar-refractivity contribution >= 4 is 0 Å². The van der Waals surface area contributed by atoms with Crippen LogP contribution < -0.4 is 5.73 Å². The maximum Gasteiger partial charge on any atom is 0.0244 e. The van der Waals surface area contributed by atoms with E-state index in [9.17, 15) is 0 Å². The summed E-state index contributed by atoms with van der Waals surface area (Å²) in [6.45, 7) is 8.86. The summed E-state index contributed by atoms with van der Waals surface area (Å²) in [7, 11) is 2.17. The summed E-state index contributed by atoms with van der Waals surface area (Å²) in [5.74, 6) is 0. The molecule has 0 fully saturated rings. The fraction of sp³-hybridized carbons (Fsp3) is 1.00. The molecule has 0 saturated heterocycles. The van der Waals surface area contributed by atoms with E-state index in [2.05, 4.69) is 39.6 Å². The summed E-state index contributed by atoms with van der Waals surface area (Å²) in [5.41, 5.74) is 6.14. The topological polar surface area (TPSA) is 29.3 Å². The van der Waals surface area contributed by atoms with Gasteiger partial charge >= 0.3 is 0 Å². The molecule has 0 spiro atoms. The molecule has 0 aromatic heterocycles. The van der Waals surface area contributed by atoms with Gasteiger partial charge in [0.2, 0.25) is 0 Å². The highest BCUT2D eigenvalue weighted by atomic mass is 15.2. The molecule has 0 bridgehead atoms. The molecule has 13 heavy (non-hydrogen) atoms. The molecular formula is C11H26N2. The Balaban J connectivity index is 4.14. The summed E-state index contributed by atoms with van der Waals surface area (Å²) < 4.78 is 0. The molecule has 0 aliphatic carbocycles. The van der Waals surface area contributed by atoms with Crippen LogP contribution in [0.1, 0.15) is 47.0 Å². The van der Waals surface area contributed by atoms with E-state index in [0.717, 1.165) is 12.8 Å². The van der Waals surface area contributed by atoms with Gasteiger partial charge in [-0.05, 0) is 33.7 Å². The third kappa shape index (κ3) is 4.10. The number of likely N-dealkylation sites (N-methyl/N-ethyl adjacent to an activating group) is 1. The summed E-state index contributed by atoms with van der Waals surface area (Å²) in [5, 5.41) is 0. The van der Waals surface area contributed by atoms with Crippen molar-refractivity contribution in [3.63, 3.8) is 0 Å². The van der Waals surface area contributed by atoms with Gasteiger partial charge in [0.25, 0.3) is 0 Å². The lowest BCUT2D eigenvalue weighted by Crippen LogP contribution is -2.48. The first-order valence-corrected chi connectivity index (χ1v) is 5.52. The highest BCUT2D eigenvalue weighted by Gasteiger charge is 2.21. The average molecular weight is 186 g/mol. The SMILES string of the molecule is CCCC(N)C(CC)N(C)C(C)C. The maximum atomic E-state index is 6.14. The monoisotopic (exact) mass is 186 g/mol. The fourth-order valence-corrected chi connectivity index (χ4v) is 1.80. The van der Waals surface area contributed by atoms with Crippen molar-refractivity contribution in [3.05, 3.63) is 0 Å². The van der Waals surface area contributed by atoms with Crippen LogP contribution in [0.5, 0.6) is 0 Å². The molecular weight excluding hydrogens is 160 g/mol. The number of hydrogen-bond donors (Lipinski definition) is 1. The predicted molar refractivity (Wildman–Crippen MR) is 59.9 cm³/mol. The minimum absolute atomic E-state index is 0.336.